The Morgan fingerprint density at radius 1 is 1.21 bits per heavy atom. The zero-order chi connectivity index (χ0) is 12.4. The van der Waals surface area contributed by atoms with Gasteiger partial charge in [0.05, 0.1) is 18.6 Å². The highest BCUT2D eigenvalue weighted by Gasteiger charge is 2.29. The molecule has 0 aliphatic carbocycles. The van der Waals surface area contributed by atoms with Crippen molar-refractivity contribution in [1.29, 1.82) is 0 Å². The van der Waals surface area contributed by atoms with Gasteiger partial charge in [-0.1, -0.05) is 18.2 Å². The lowest BCUT2D eigenvalue weighted by atomic mass is 10.3. The predicted molar refractivity (Wildman–Crippen MR) is 75.4 cm³/mol. The van der Waals surface area contributed by atoms with Crippen molar-refractivity contribution >= 4 is 24.1 Å². The molecule has 1 aliphatic rings. The zero-order valence-electron chi connectivity index (χ0n) is 10.3. The zero-order valence-corrected chi connectivity index (χ0v) is 11.1. The quantitative estimate of drug-likeness (QED) is 0.936. The Kier molecular flexibility index (Phi) is 4.06. The summed E-state index contributed by atoms with van der Waals surface area (Å²) in [5.41, 5.74) is 1.84. The molecule has 0 unspecified atom stereocenters. The number of carbonyl (C=O) groups is 1. The molecule has 2 heterocycles. The van der Waals surface area contributed by atoms with Crippen LogP contribution in [0.4, 0.5) is 10.5 Å². The number of aromatic nitrogens is 2. The van der Waals surface area contributed by atoms with Crippen molar-refractivity contribution in [2.24, 2.45) is 0 Å². The van der Waals surface area contributed by atoms with Crippen molar-refractivity contribution in [1.82, 2.24) is 14.9 Å². The number of aromatic amines is 1. The second kappa shape index (κ2) is 5.75. The van der Waals surface area contributed by atoms with Gasteiger partial charge in [-0.2, -0.15) is 0 Å². The predicted octanol–water partition coefficient (Wildman–Crippen LogP) is 2.27. The molecular weight excluding hydrogens is 264 g/mol. The molecule has 1 saturated heterocycles. The number of benzene rings is 1. The summed E-state index contributed by atoms with van der Waals surface area (Å²) in [6.07, 6.45) is 3.45. The highest BCUT2D eigenvalue weighted by Crippen LogP contribution is 2.20. The Balaban J connectivity index is 0.00000133. The van der Waals surface area contributed by atoms with Gasteiger partial charge in [-0.05, 0) is 12.1 Å². The lowest BCUT2D eigenvalue weighted by Crippen LogP contribution is -2.31. The Morgan fingerprint density at radius 3 is 2.68 bits per heavy atom. The number of halogens is 1. The van der Waals surface area contributed by atoms with Crippen molar-refractivity contribution in [3.8, 4) is 0 Å². The minimum absolute atomic E-state index is 0. The standard InChI is InChI=1S/C13H14N4O.ClH/c18-13-16(9-11-8-14-10-15-11)6-7-17(13)12-4-2-1-3-5-12;/h1-5,8,10H,6-7,9H2,(H,14,15);1H. The van der Waals surface area contributed by atoms with E-state index in [0.717, 1.165) is 24.5 Å². The smallest absolute Gasteiger partial charge is 0.324 e. The van der Waals surface area contributed by atoms with E-state index in [9.17, 15) is 4.79 Å². The van der Waals surface area contributed by atoms with Crippen LogP contribution in [0.25, 0.3) is 0 Å². The largest absolute Gasteiger partial charge is 0.351 e. The van der Waals surface area contributed by atoms with Gasteiger partial charge in [0.2, 0.25) is 0 Å². The Hall–Kier alpha value is -2.01. The van der Waals surface area contributed by atoms with Crippen LogP contribution in [0.2, 0.25) is 0 Å². The van der Waals surface area contributed by atoms with Gasteiger partial charge in [-0.25, -0.2) is 9.78 Å². The van der Waals surface area contributed by atoms with E-state index in [0.29, 0.717) is 6.54 Å². The minimum Gasteiger partial charge on any atom is -0.351 e. The summed E-state index contributed by atoms with van der Waals surface area (Å²) in [4.78, 5) is 22.9. The first-order chi connectivity index (χ1) is 8.84. The lowest BCUT2D eigenvalue weighted by molar-refractivity contribution is 0.218. The molecule has 1 aliphatic heterocycles. The molecule has 100 valence electrons. The molecule has 6 heteroatoms. The number of carbonyl (C=O) groups excluding carboxylic acids is 1. The Morgan fingerprint density at radius 2 is 2.00 bits per heavy atom. The van der Waals surface area contributed by atoms with E-state index in [-0.39, 0.29) is 18.4 Å². The van der Waals surface area contributed by atoms with Crippen molar-refractivity contribution in [3.05, 3.63) is 48.5 Å². The third-order valence-electron chi connectivity index (χ3n) is 3.07. The maximum Gasteiger partial charge on any atom is 0.324 e. The number of hydrogen-bond donors (Lipinski definition) is 1. The van der Waals surface area contributed by atoms with E-state index in [4.69, 9.17) is 0 Å². The SMILES string of the molecule is Cl.O=C1N(Cc2c[nH]cn2)CCN1c1ccccc1. The number of amides is 2. The third kappa shape index (κ3) is 2.71. The van der Waals surface area contributed by atoms with Crippen molar-refractivity contribution < 1.29 is 4.79 Å². The van der Waals surface area contributed by atoms with Gasteiger partial charge in [0.15, 0.2) is 0 Å². The van der Waals surface area contributed by atoms with Gasteiger partial charge in [-0.15, -0.1) is 12.4 Å². The summed E-state index contributed by atoms with van der Waals surface area (Å²) >= 11 is 0. The second-order valence-corrected chi connectivity index (χ2v) is 4.25. The number of imidazole rings is 1. The highest BCUT2D eigenvalue weighted by atomic mass is 35.5. The summed E-state index contributed by atoms with van der Waals surface area (Å²) in [7, 11) is 0. The van der Waals surface area contributed by atoms with E-state index < -0.39 is 0 Å². The van der Waals surface area contributed by atoms with Crippen LogP contribution in [-0.4, -0.2) is 34.0 Å². The first-order valence-electron chi connectivity index (χ1n) is 5.94. The van der Waals surface area contributed by atoms with Crippen LogP contribution in [0.15, 0.2) is 42.9 Å². The molecule has 0 spiro atoms. The van der Waals surface area contributed by atoms with Crippen molar-refractivity contribution in [2.75, 3.05) is 18.0 Å². The lowest BCUT2D eigenvalue weighted by Gasteiger charge is -2.17. The summed E-state index contributed by atoms with van der Waals surface area (Å²) in [5, 5.41) is 0. The molecule has 0 radical (unpaired) electrons. The van der Waals surface area contributed by atoms with Crippen LogP contribution in [0.3, 0.4) is 0 Å². The molecule has 0 bridgehead atoms. The van der Waals surface area contributed by atoms with Crippen LogP contribution in [0, 0.1) is 0 Å². The molecule has 0 saturated carbocycles. The molecule has 5 nitrogen and oxygen atoms in total. The number of nitrogens with zero attached hydrogens (tertiary/aromatic N) is 3. The molecule has 3 rings (SSSR count). The number of nitrogens with one attached hydrogen (secondary N) is 1. The van der Waals surface area contributed by atoms with Crippen LogP contribution < -0.4 is 4.90 Å². The van der Waals surface area contributed by atoms with Gasteiger partial charge >= 0.3 is 6.03 Å². The van der Waals surface area contributed by atoms with Gasteiger partial charge in [0.25, 0.3) is 0 Å². The van der Waals surface area contributed by atoms with E-state index >= 15 is 0 Å². The van der Waals surface area contributed by atoms with E-state index in [1.807, 2.05) is 41.4 Å². The highest BCUT2D eigenvalue weighted by molar-refractivity contribution is 5.94. The monoisotopic (exact) mass is 278 g/mol. The number of rotatable bonds is 3. The summed E-state index contributed by atoms with van der Waals surface area (Å²) in [6, 6.07) is 9.79. The Bertz CT molecular complexity index is 529. The fraction of sp³-hybridized carbons (Fsp3) is 0.231. The van der Waals surface area contributed by atoms with E-state index in [2.05, 4.69) is 9.97 Å². The van der Waals surface area contributed by atoms with Crippen LogP contribution in [-0.2, 0) is 6.54 Å². The number of anilines is 1. The Labute approximate surface area is 117 Å². The first kappa shape index (κ1) is 13.4. The number of H-pyrrole nitrogens is 1. The maximum atomic E-state index is 12.2. The van der Waals surface area contributed by atoms with Crippen LogP contribution in [0.5, 0.6) is 0 Å². The first-order valence-corrected chi connectivity index (χ1v) is 5.94. The molecule has 19 heavy (non-hydrogen) atoms. The second-order valence-electron chi connectivity index (χ2n) is 4.25. The fourth-order valence-electron chi connectivity index (χ4n) is 2.15. The van der Waals surface area contributed by atoms with Crippen molar-refractivity contribution in [2.45, 2.75) is 6.54 Å². The summed E-state index contributed by atoms with van der Waals surface area (Å²) in [6.45, 7) is 2.03. The van der Waals surface area contributed by atoms with E-state index in [1.165, 1.54) is 0 Å². The molecule has 0 atom stereocenters. The number of hydrogen-bond acceptors (Lipinski definition) is 2. The number of para-hydroxylation sites is 1. The molecule has 1 aromatic carbocycles. The molecule has 1 aromatic heterocycles. The molecule has 2 aromatic rings. The summed E-state index contributed by atoms with van der Waals surface area (Å²) in [5.74, 6) is 0. The normalized spacial score (nSPS) is 14.6. The average Bonchev–Trinajstić information content (AvgIpc) is 3.03. The average molecular weight is 279 g/mol. The fourth-order valence-corrected chi connectivity index (χ4v) is 2.15. The molecule has 1 fully saturated rings. The van der Waals surface area contributed by atoms with Gasteiger partial charge in [0, 0.05) is 25.0 Å². The topological polar surface area (TPSA) is 52.2 Å². The van der Waals surface area contributed by atoms with Crippen LogP contribution >= 0.6 is 12.4 Å². The van der Waals surface area contributed by atoms with Gasteiger partial charge < -0.3 is 9.88 Å². The summed E-state index contributed by atoms with van der Waals surface area (Å²) < 4.78 is 0. The maximum absolute atomic E-state index is 12.2. The van der Waals surface area contributed by atoms with Gasteiger partial charge in [-0.3, -0.25) is 4.90 Å². The van der Waals surface area contributed by atoms with E-state index in [1.54, 1.807) is 11.2 Å². The molecule has 2 amide bonds. The third-order valence-corrected chi connectivity index (χ3v) is 3.07. The number of urea groups is 1. The molecular formula is C13H15ClN4O. The van der Waals surface area contributed by atoms with Gasteiger partial charge in [0.1, 0.15) is 0 Å². The minimum atomic E-state index is 0. The molecule has 1 N–H and O–H groups in total. The van der Waals surface area contributed by atoms with Crippen molar-refractivity contribution in [3.63, 3.8) is 0 Å². The van der Waals surface area contributed by atoms with Crippen LogP contribution in [0.1, 0.15) is 5.69 Å².